The second kappa shape index (κ2) is 9.24. The van der Waals surface area contributed by atoms with E-state index in [-0.39, 0.29) is 12.0 Å². The van der Waals surface area contributed by atoms with E-state index in [1.165, 1.54) is 6.20 Å². The molecular weight excluding hydrogens is 374 g/mol. The largest absolute Gasteiger partial charge is 0.489 e. The first-order valence-electron chi connectivity index (χ1n) is 9.01. The van der Waals surface area contributed by atoms with Crippen LogP contribution in [0.5, 0.6) is 5.75 Å². The Morgan fingerprint density at radius 2 is 1.86 bits per heavy atom. The van der Waals surface area contributed by atoms with Crippen molar-refractivity contribution in [2.45, 2.75) is 26.5 Å². The summed E-state index contributed by atoms with van der Waals surface area (Å²) >= 11 is 5.91. The Morgan fingerprint density at radius 3 is 2.61 bits per heavy atom. The number of hydrogen-bond donors (Lipinski definition) is 2. The van der Waals surface area contributed by atoms with E-state index in [2.05, 4.69) is 15.6 Å². The van der Waals surface area contributed by atoms with Crippen molar-refractivity contribution in [2.24, 2.45) is 0 Å². The third kappa shape index (κ3) is 5.47. The number of nitrogens with zero attached hydrogens (tertiary/aromatic N) is 1. The Hall–Kier alpha value is -3.05. The fourth-order valence-electron chi connectivity index (χ4n) is 2.59. The molecule has 0 saturated heterocycles. The highest BCUT2D eigenvalue weighted by molar-refractivity contribution is 6.30. The first-order chi connectivity index (χ1) is 13.5. The molecule has 0 spiro atoms. The lowest BCUT2D eigenvalue weighted by atomic mass is 10.2. The number of hydrogen-bond acceptors (Lipinski definition) is 4. The van der Waals surface area contributed by atoms with Gasteiger partial charge in [0.2, 0.25) is 0 Å². The fraction of sp³-hybridized carbons (Fsp3) is 0.182. The molecule has 0 atom stereocenters. The summed E-state index contributed by atoms with van der Waals surface area (Å²) in [5.41, 5.74) is 2.93. The second-order valence-electron chi connectivity index (χ2n) is 6.56. The average molecular weight is 396 g/mol. The summed E-state index contributed by atoms with van der Waals surface area (Å²) in [7, 11) is 0. The Balaban J connectivity index is 1.68. The summed E-state index contributed by atoms with van der Waals surface area (Å²) in [5.74, 6) is 0.387. The van der Waals surface area contributed by atoms with E-state index in [1.54, 1.807) is 12.3 Å². The van der Waals surface area contributed by atoms with Crippen molar-refractivity contribution in [3.63, 3.8) is 0 Å². The number of nitrogens with one attached hydrogen (secondary N) is 2. The quantitative estimate of drug-likeness (QED) is 0.563. The van der Waals surface area contributed by atoms with Crippen molar-refractivity contribution in [3.05, 3.63) is 83.1 Å². The molecule has 1 aromatic heterocycles. The van der Waals surface area contributed by atoms with E-state index in [0.717, 1.165) is 11.3 Å². The number of carbonyl (C=O) groups excluding carboxylic acids is 1. The van der Waals surface area contributed by atoms with Gasteiger partial charge < -0.3 is 15.4 Å². The minimum absolute atomic E-state index is 0.0140. The van der Waals surface area contributed by atoms with Crippen LogP contribution in [-0.2, 0) is 6.54 Å². The van der Waals surface area contributed by atoms with Gasteiger partial charge in [-0.05, 0) is 49.7 Å². The molecule has 1 heterocycles. The number of pyridine rings is 1. The van der Waals surface area contributed by atoms with Crippen LogP contribution in [0.3, 0.4) is 0 Å². The average Bonchev–Trinajstić information content (AvgIpc) is 2.69. The molecule has 0 radical (unpaired) electrons. The summed E-state index contributed by atoms with van der Waals surface area (Å²) in [4.78, 5) is 16.8. The Labute approximate surface area is 169 Å². The number of amides is 1. The number of aromatic nitrogens is 1. The molecule has 0 bridgehead atoms. The van der Waals surface area contributed by atoms with Crippen molar-refractivity contribution in [1.82, 2.24) is 4.98 Å². The number of halogens is 1. The number of carbonyl (C=O) groups is 1. The molecule has 0 aliphatic heterocycles. The predicted molar refractivity (Wildman–Crippen MR) is 113 cm³/mol. The second-order valence-corrected chi connectivity index (χ2v) is 7.00. The molecule has 0 unspecified atom stereocenters. The summed E-state index contributed by atoms with van der Waals surface area (Å²) in [6, 6.07) is 16.7. The topological polar surface area (TPSA) is 63.2 Å². The first-order valence-corrected chi connectivity index (χ1v) is 9.39. The maximum Gasteiger partial charge on any atom is 0.257 e. The van der Waals surface area contributed by atoms with Crippen LogP contribution in [0.25, 0.3) is 0 Å². The lowest BCUT2D eigenvalue weighted by Crippen LogP contribution is -2.15. The Morgan fingerprint density at radius 1 is 1.11 bits per heavy atom. The lowest BCUT2D eigenvalue weighted by Gasteiger charge is -2.15. The van der Waals surface area contributed by atoms with Crippen molar-refractivity contribution >= 4 is 28.9 Å². The molecule has 0 aliphatic rings. The molecule has 0 aliphatic carbocycles. The van der Waals surface area contributed by atoms with Gasteiger partial charge in [-0.1, -0.05) is 35.9 Å². The number of anilines is 2. The molecule has 0 saturated carbocycles. The fourth-order valence-corrected chi connectivity index (χ4v) is 2.71. The van der Waals surface area contributed by atoms with Crippen LogP contribution < -0.4 is 15.4 Å². The molecule has 2 N–H and O–H groups in total. The third-order valence-corrected chi connectivity index (χ3v) is 4.16. The van der Waals surface area contributed by atoms with Gasteiger partial charge in [0, 0.05) is 24.0 Å². The molecule has 2 aromatic carbocycles. The highest BCUT2D eigenvalue weighted by atomic mass is 35.5. The zero-order valence-corrected chi connectivity index (χ0v) is 16.5. The zero-order chi connectivity index (χ0) is 19.9. The van der Waals surface area contributed by atoms with Crippen LogP contribution >= 0.6 is 11.6 Å². The van der Waals surface area contributed by atoms with Gasteiger partial charge in [0.15, 0.2) is 0 Å². The molecule has 28 heavy (non-hydrogen) atoms. The molecule has 1 amide bonds. The normalized spacial score (nSPS) is 10.6. The highest BCUT2D eigenvalue weighted by Crippen LogP contribution is 2.25. The van der Waals surface area contributed by atoms with Crippen LogP contribution in [0, 0.1) is 0 Å². The minimum atomic E-state index is -0.248. The monoisotopic (exact) mass is 395 g/mol. The Bertz CT molecular complexity index is 943. The van der Waals surface area contributed by atoms with E-state index in [9.17, 15) is 4.79 Å². The van der Waals surface area contributed by atoms with Gasteiger partial charge in [0.1, 0.15) is 5.75 Å². The van der Waals surface area contributed by atoms with E-state index < -0.39 is 0 Å². The minimum Gasteiger partial charge on any atom is -0.489 e. The smallest absolute Gasteiger partial charge is 0.257 e. The third-order valence-electron chi connectivity index (χ3n) is 3.91. The van der Waals surface area contributed by atoms with Crippen molar-refractivity contribution < 1.29 is 9.53 Å². The van der Waals surface area contributed by atoms with Crippen LogP contribution in [0.2, 0.25) is 5.02 Å². The first kappa shape index (κ1) is 19.7. The molecular formula is C22H22ClN3O2. The molecule has 144 valence electrons. The highest BCUT2D eigenvalue weighted by Gasteiger charge is 2.11. The summed E-state index contributed by atoms with van der Waals surface area (Å²) in [5, 5.41) is 6.86. The van der Waals surface area contributed by atoms with Crippen LogP contribution in [-0.4, -0.2) is 17.0 Å². The van der Waals surface area contributed by atoms with Crippen LogP contribution in [0.4, 0.5) is 11.4 Å². The maximum absolute atomic E-state index is 12.7. The van der Waals surface area contributed by atoms with Crippen LogP contribution in [0.15, 0.2) is 67.0 Å². The van der Waals surface area contributed by atoms with E-state index >= 15 is 0 Å². The van der Waals surface area contributed by atoms with Crippen molar-refractivity contribution in [2.75, 3.05) is 10.6 Å². The molecule has 5 nitrogen and oxygen atoms in total. The summed E-state index contributed by atoms with van der Waals surface area (Å²) in [6.07, 6.45) is 3.23. The predicted octanol–water partition coefficient (Wildman–Crippen LogP) is 5.39. The van der Waals surface area contributed by atoms with Gasteiger partial charge in [0.05, 0.1) is 23.0 Å². The number of benzene rings is 2. The summed E-state index contributed by atoms with van der Waals surface area (Å²) in [6.45, 7) is 4.49. The zero-order valence-electron chi connectivity index (χ0n) is 15.8. The van der Waals surface area contributed by atoms with E-state index in [4.69, 9.17) is 16.3 Å². The van der Waals surface area contributed by atoms with Gasteiger partial charge >= 0.3 is 0 Å². The lowest BCUT2D eigenvalue weighted by molar-refractivity contribution is 0.102. The maximum atomic E-state index is 12.7. The van der Waals surface area contributed by atoms with Crippen molar-refractivity contribution in [3.8, 4) is 5.75 Å². The van der Waals surface area contributed by atoms with Crippen molar-refractivity contribution in [1.29, 1.82) is 0 Å². The van der Waals surface area contributed by atoms with Gasteiger partial charge in [-0.15, -0.1) is 0 Å². The number of rotatable bonds is 7. The van der Waals surface area contributed by atoms with Crippen LogP contribution in [0.1, 0.15) is 29.8 Å². The van der Waals surface area contributed by atoms with E-state index in [0.29, 0.717) is 28.6 Å². The number of ether oxygens (including phenoxy) is 1. The van der Waals surface area contributed by atoms with Gasteiger partial charge in [-0.3, -0.25) is 9.78 Å². The molecule has 0 fully saturated rings. The molecule has 3 rings (SSSR count). The number of para-hydroxylation sites is 2. The molecule has 6 heteroatoms. The standard InChI is InChI=1S/C22H22ClN3O2/c1-15(2)28-21-6-4-3-5-20(21)26-22(27)17-11-19(14-24-13-17)25-12-16-7-9-18(23)10-8-16/h3-11,13-15,25H,12H2,1-2H3,(H,26,27). The van der Waals surface area contributed by atoms with E-state index in [1.807, 2.05) is 62.4 Å². The van der Waals surface area contributed by atoms with Gasteiger partial charge in [-0.2, -0.15) is 0 Å². The van der Waals surface area contributed by atoms with Gasteiger partial charge in [0.25, 0.3) is 5.91 Å². The summed E-state index contributed by atoms with van der Waals surface area (Å²) < 4.78 is 5.75. The SMILES string of the molecule is CC(C)Oc1ccccc1NC(=O)c1cncc(NCc2ccc(Cl)cc2)c1. The van der Waals surface area contributed by atoms with Gasteiger partial charge in [-0.25, -0.2) is 0 Å². The molecule has 3 aromatic rings. The Kier molecular flexibility index (Phi) is 6.50.